The van der Waals surface area contributed by atoms with E-state index in [-0.39, 0.29) is 5.91 Å². The predicted octanol–water partition coefficient (Wildman–Crippen LogP) is 3.37. The lowest BCUT2D eigenvalue weighted by molar-refractivity contribution is -0.121. The predicted molar refractivity (Wildman–Crippen MR) is 83.4 cm³/mol. The Kier molecular flexibility index (Phi) is 6.85. The van der Waals surface area contributed by atoms with Crippen LogP contribution in [0.5, 0.6) is 0 Å². The summed E-state index contributed by atoms with van der Waals surface area (Å²) in [6, 6.07) is 0.378. The van der Waals surface area contributed by atoms with Crippen molar-refractivity contribution in [2.75, 3.05) is 6.54 Å². The van der Waals surface area contributed by atoms with Gasteiger partial charge in [0, 0.05) is 19.0 Å². The standard InChI is InChI=1S/C17H32N2O/c18-16-8-4-7-15(13-16)9-10-17(20)19-12-11-14-5-2-1-3-6-14/h14-16H,1-13,18H2,(H,19,20). The molecule has 2 unspecified atom stereocenters. The van der Waals surface area contributed by atoms with E-state index in [2.05, 4.69) is 5.32 Å². The van der Waals surface area contributed by atoms with Crippen LogP contribution in [-0.2, 0) is 4.79 Å². The Morgan fingerprint density at radius 2 is 1.70 bits per heavy atom. The Labute approximate surface area is 124 Å². The summed E-state index contributed by atoms with van der Waals surface area (Å²) in [4.78, 5) is 11.9. The molecule has 1 amide bonds. The van der Waals surface area contributed by atoms with Crippen LogP contribution < -0.4 is 11.1 Å². The average molecular weight is 280 g/mol. The maximum atomic E-state index is 11.9. The van der Waals surface area contributed by atoms with E-state index in [0.29, 0.717) is 18.4 Å². The van der Waals surface area contributed by atoms with E-state index in [1.165, 1.54) is 57.8 Å². The Balaban J connectivity index is 1.51. The lowest BCUT2D eigenvalue weighted by atomic mass is 9.83. The normalized spacial score (nSPS) is 28.2. The molecule has 3 N–H and O–H groups in total. The second-order valence-electron chi connectivity index (χ2n) is 6.97. The van der Waals surface area contributed by atoms with Crippen LogP contribution in [0.15, 0.2) is 0 Å². The maximum Gasteiger partial charge on any atom is 0.220 e. The first-order valence-electron chi connectivity index (χ1n) is 8.76. The van der Waals surface area contributed by atoms with Crippen molar-refractivity contribution in [1.29, 1.82) is 0 Å². The number of hydrogen-bond donors (Lipinski definition) is 2. The Hall–Kier alpha value is -0.570. The van der Waals surface area contributed by atoms with Crippen LogP contribution in [0.1, 0.15) is 77.0 Å². The van der Waals surface area contributed by atoms with E-state index in [4.69, 9.17) is 5.73 Å². The van der Waals surface area contributed by atoms with Crippen molar-refractivity contribution in [3.8, 4) is 0 Å². The van der Waals surface area contributed by atoms with Crippen LogP contribution in [0.3, 0.4) is 0 Å². The van der Waals surface area contributed by atoms with Crippen LogP contribution in [0.2, 0.25) is 0 Å². The van der Waals surface area contributed by atoms with Crippen molar-refractivity contribution < 1.29 is 4.79 Å². The fourth-order valence-corrected chi connectivity index (χ4v) is 3.91. The highest BCUT2D eigenvalue weighted by Crippen LogP contribution is 2.27. The van der Waals surface area contributed by atoms with Crippen molar-refractivity contribution in [3.05, 3.63) is 0 Å². The van der Waals surface area contributed by atoms with Gasteiger partial charge in [0.1, 0.15) is 0 Å². The molecule has 0 radical (unpaired) electrons. The highest BCUT2D eigenvalue weighted by Gasteiger charge is 2.20. The molecular formula is C17H32N2O. The van der Waals surface area contributed by atoms with Gasteiger partial charge in [0.25, 0.3) is 0 Å². The number of nitrogens with two attached hydrogens (primary N) is 1. The summed E-state index contributed by atoms with van der Waals surface area (Å²) in [7, 11) is 0. The van der Waals surface area contributed by atoms with E-state index >= 15 is 0 Å². The van der Waals surface area contributed by atoms with Crippen LogP contribution in [-0.4, -0.2) is 18.5 Å². The van der Waals surface area contributed by atoms with Gasteiger partial charge in [-0.15, -0.1) is 0 Å². The van der Waals surface area contributed by atoms with Crippen LogP contribution in [0.25, 0.3) is 0 Å². The number of carbonyl (C=O) groups is 1. The summed E-state index contributed by atoms with van der Waals surface area (Å²) >= 11 is 0. The van der Waals surface area contributed by atoms with Crippen LogP contribution in [0.4, 0.5) is 0 Å². The van der Waals surface area contributed by atoms with Crippen LogP contribution in [0, 0.1) is 11.8 Å². The summed E-state index contributed by atoms with van der Waals surface area (Å²) in [5.41, 5.74) is 5.99. The monoisotopic (exact) mass is 280 g/mol. The topological polar surface area (TPSA) is 55.1 Å². The van der Waals surface area contributed by atoms with Gasteiger partial charge in [0.2, 0.25) is 5.91 Å². The first-order chi connectivity index (χ1) is 9.74. The zero-order valence-corrected chi connectivity index (χ0v) is 12.9. The molecule has 20 heavy (non-hydrogen) atoms. The Morgan fingerprint density at radius 1 is 0.950 bits per heavy atom. The molecule has 3 heteroatoms. The van der Waals surface area contributed by atoms with Crippen molar-refractivity contribution in [1.82, 2.24) is 5.32 Å². The summed E-state index contributed by atoms with van der Waals surface area (Å²) in [5.74, 6) is 1.79. The zero-order chi connectivity index (χ0) is 14.2. The smallest absolute Gasteiger partial charge is 0.220 e. The molecule has 2 saturated carbocycles. The van der Waals surface area contributed by atoms with Crippen molar-refractivity contribution in [2.45, 2.75) is 83.1 Å². The molecule has 0 spiro atoms. The number of rotatable bonds is 6. The van der Waals surface area contributed by atoms with Gasteiger partial charge in [-0.05, 0) is 37.5 Å². The van der Waals surface area contributed by atoms with Gasteiger partial charge >= 0.3 is 0 Å². The van der Waals surface area contributed by atoms with E-state index < -0.39 is 0 Å². The third-order valence-electron chi connectivity index (χ3n) is 5.20. The number of amides is 1. The second kappa shape index (κ2) is 8.66. The van der Waals surface area contributed by atoms with Gasteiger partial charge in [0.05, 0.1) is 0 Å². The molecule has 2 aliphatic carbocycles. The Bertz CT molecular complexity index is 287. The largest absolute Gasteiger partial charge is 0.356 e. The molecule has 0 aliphatic heterocycles. The maximum absolute atomic E-state index is 11.9. The second-order valence-corrected chi connectivity index (χ2v) is 6.97. The summed E-state index contributed by atoms with van der Waals surface area (Å²) in [6.07, 6.45) is 14.6. The minimum absolute atomic E-state index is 0.250. The molecular weight excluding hydrogens is 248 g/mol. The lowest BCUT2D eigenvalue weighted by Gasteiger charge is -2.26. The minimum atomic E-state index is 0.250. The highest BCUT2D eigenvalue weighted by atomic mass is 16.1. The molecule has 0 aromatic rings. The molecule has 0 bridgehead atoms. The molecule has 2 rings (SSSR count). The number of carbonyl (C=O) groups excluding carboxylic acids is 1. The lowest BCUT2D eigenvalue weighted by Crippen LogP contribution is -2.30. The van der Waals surface area contributed by atoms with Crippen molar-refractivity contribution in [3.63, 3.8) is 0 Å². The summed E-state index contributed by atoms with van der Waals surface area (Å²) in [5, 5.41) is 3.11. The van der Waals surface area contributed by atoms with Gasteiger partial charge in [-0.2, -0.15) is 0 Å². The number of nitrogens with one attached hydrogen (secondary N) is 1. The van der Waals surface area contributed by atoms with Crippen LogP contribution >= 0.6 is 0 Å². The molecule has 116 valence electrons. The fraction of sp³-hybridized carbons (Fsp3) is 0.941. The molecule has 2 aliphatic rings. The van der Waals surface area contributed by atoms with Gasteiger partial charge in [0.15, 0.2) is 0 Å². The average Bonchev–Trinajstić information content (AvgIpc) is 2.46. The molecule has 0 heterocycles. The minimum Gasteiger partial charge on any atom is -0.356 e. The van der Waals surface area contributed by atoms with Gasteiger partial charge in [-0.25, -0.2) is 0 Å². The first-order valence-corrected chi connectivity index (χ1v) is 8.76. The van der Waals surface area contributed by atoms with Gasteiger partial charge < -0.3 is 11.1 Å². The third kappa shape index (κ3) is 5.82. The van der Waals surface area contributed by atoms with E-state index in [1.807, 2.05) is 0 Å². The van der Waals surface area contributed by atoms with Crippen molar-refractivity contribution in [2.24, 2.45) is 17.6 Å². The molecule has 2 atom stereocenters. The van der Waals surface area contributed by atoms with E-state index in [9.17, 15) is 4.79 Å². The zero-order valence-electron chi connectivity index (χ0n) is 12.9. The quantitative estimate of drug-likeness (QED) is 0.783. The summed E-state index contributed by atoms with van der Waals surface area (Å²) in [6.45, 7) is 0.883. The van der Waals surface area contributed by atoms with E-state index in [1.54, 1.807) is 0 Å². The SMILES string of the molecule is NC1CCCC(CCC(=O)NCCC2CCCCC2)C1. The van der Waals surface area contributed by atoms with E-state index in [0.717, 1.165) is 25.3 Å². The molecule has 0 aromatic heterocycles. The Morgan fingerprint density at radius 3 is 2.45 bits per heavy atom. The third-order valence-corrected chi connectivity index (χ3v) is 5.20. The molecule has 0 aromatic carbocycles. The highest BCUT2D eigenvalue weighted by molar-refractivity contribution is 5.75. The fourth-order valence-electron chi connectivity index (χ4n) is 3.91. The van der Waals surface area contributed by atoms with Gasteiger partial charge in [-0.3, -0.25) is 4.79 Å². The first kappa shape index (κ1) is 15.8. The molecule has 3 nitrogen and oxygen atoms in total. The molecule has 0 saturated heterocycles. The number of hydrogen-bond acceptors (Lipinski definition) is 2. The molecule has 2 fully saturated rings. The van der Waals surface area contributed by atoms with Crippen molar-refractivity contribution >= 4 is 5.91 Å². The van der Waals surface area contributed by atoms with Gasteiger partial charge in [-0.1, -0.05) is 44.9 Å². The summed E-state index contributed by atoms with van der Waals surface area (Å²) < 4.78 is 0.